The number of benzene rings is 5. The maximum atomic E-state index is 13.0. The van der Waals surface area contributed by atoms with Crippen molar-refractivity contribution in [3.63, 3.8) is 0 Å². The molecule has 0 aliphatic rings. The summed E-state index contributed by atoms with van der Waals surface area (Å²) in [5.41, 5.74) is -1.47. The van der Waals surface area contributed by atoms with Gasteiger partial charge in [-0.15, -0.1) is 14.6 Å². The number of rotatable bonds is 16. The number of carbonyl (C=O) groups excluding carboxylic acids is 1. The third kappa shape index (κ3) is 14.1. The number of nitrogens with zero attached hydrogens (tertiary/aromatic N) is 2. The smallest absolute Gasteiger partial charge is 0.744 e. The number of nitrogens with one attached hydrogen (secondary N) is 1. The minimum atomic E-state index is -5.39. The molecule has 0 spiro atoms. The summed E-state index contributed by atoms with van der Waals surface area (Å²) in [5, 5.41) is 47.8. The van der Waals surface area contributed by atoms with Gasteiger partial charge in [0.05, 0.1) is 49.7 Å². The molecule has 1 amide bonds. The van der Waals surface area contributed by atoms with E-state index in [4.69, 9.17) is 4.18 Å². The second-order valence-electron chi connectivity index (χ2n) is 10.4. The van der Waals surface area contributed by atoms with Crippen LogP contribution in [0.15, 0.2) is 109 Å². The molecule has 20 nitrogen and oxygen atoms in total. The van der Waals surface area contributed by atoms with Crippen LogP contribution in [0.25, 0.3) is 21.5 Å². The van der Waals surface area contributed by atoms with Crippen molar-refractivity contribution in [1.29, 1.82) is 0 Å². The van der Waals surface area contributed by atoms with Crippen LogP contribution in [0.2, 0.25) is 0 Å². The summed E-state index contributed by atoms with van der Waals surface area (Å²) < 4.78 is 112. The molecule has 0 saturated carbocycles. The first-order valence-electron chi connectivity index (χ1n) is 14.3. The zero-order valence-corrected chi connectivity index (χ0v) is 42.4. The molecule has 0 unspecified atom stereocenters. The van der Waals surface area contributed by atoms with E-state index >= 15 is 0 Å². The normalized spacial score (nSPS) is 11.7. The first-order chi connectivity index (χ1) is 25.5. The van der Waals surface area contributed by atoms with Crippen molar-refractivity contribution in [2.24, 2.45) is 10.2 Å². The summed E-state index contributed by atoms with van der Waals surface area (Å²) in [7, 11) is -14.6. The van der Waals surface area contributed by atoms with Gasteiger partial charge in [0.1, 0.15) is 31.6 Å². The number of phenolic OH excluding ortho intramolecular Hbond substituents is 1. The molecule has 2 N–H and O–H groups in total. The molecule has 29 heteroatoms. The van der Waals surface area contributed by atoms with Gasteiger partial charge in [-0.3, -0.25) is 19.1 Å². The second kappa shape index (κ2) is 24.5. The molecule has 0 radical (unpaired) electrons. The summed E-state index contributed by atoms with van der Waals surface area (Å²) in [5.74, 6) is -2.25. The van der Waals surface area contributed by atoms with Crippen LogP contribution in [0.5, 0.6) is 5.75 Å². The van der Waals surface area contributed by atoms with E-state index in [-0.39, 0.29) is 179 Å². The molecule has 0 bridgehead atoms. The average molecular weight is 934 g/mol. The molecule has 0 saturated heterocycles. The zero-order valence-electron chi connectivity index (χ0n) is 30.3. The number of sulfone groups is 1. The van der Waals surface area contributed by atoms with E-state index in [9.17, 15) is 54.8 Å². The van der Waals surface area contributed by atoms with Crippen molar-refractivity contribution in [2.45, 2.75) is 19.6 Å². The third-order valence-corrected chi connectivity index (χ3v) is 11.6. The minimum absolute atomic E-state index is 0. The summed E-state index contributed by atoms with van der Waals surface area (Å²) in [6, 6.07) is 15.6. The Kier molecular flexibility index (Phi) is 23.5. The van der Waals surface area contributed by atoms with Crippen LogP contribution >= 0.6 is 24.4 Å². The summed E-state index contributed by atoms with van der Waals surface area (Å²) in [6.07, 6.45) is 0. The summed E-state index contributed by atoms with van der Waals surface area (Å²) in [6.45, 7) is -0.443. The molecule has 0 aliphatic heterocycles. The van der Waals surface area contributed by atoms with E-state index in [2.05, 4.69) is 34.3 Å². The van der Waals surface area contributed by atoms with Crippen LogP contribution < -0.4 is 134 Å². The topological polar surface area (TPSA) is 315 Å². The van der Waals surface area contributed by atoms with Crippen LogP contribution in [0.4, 0.5) is 17.1 Å². The van der Waals surface area contributed by atoms with Crippen molar-refractivity contribution in [3.8, 4) is 5.75 Å². The van der Waals surface area contributed by atoms with Crippen LogP contribution in [-0.4, -0.2) is 57.7 Å². The van der Waals surface area contributed by atoms with Gasteiger partial charge in [0.15, 0.2) is 27.9 Å². The van der Waals surface area contributed by atoms with E-state index in [1.807, 2.05) is 0 Å². The van der Waals surface area contributed by atoms with Gasteiger partial charge in [-0.05, 0) is 59.3 Å². The number of phenols is 1. The largest absolute Gasteiger partial charge is 1.00 e. The number of aromatic hydroxyl groups is 1. The van der Waals surface area contributed by atoms with E-state index in [1.54, 1.807) is 6.07 Å². The van der Waals surface area contributed by atoms with Gasteiger partial charge in [-0.2, -0.15) is 4.33 Å². The molecule has 58 heavy (non-hydrogen) atoms. The van der Waals surface area contributed by atoms with Gasteiger partial charge in [-0.25, -0.2) is 25.3 Å². The first-order valence-corrected chi connectivity index (χ1v) is 20.1. The molecule has 0 aromatic heterocycles. The van der Waals surface area contributed by atoms with Crippen LogP contribution in [0, 0.1) is 0 Å². The Bertz CT molecular complexity index is 2610. The van der Waals surface area contributed by atoms with Crippen LogP contribution in [0.1, 0.15) is 10.4 Å². The fourth-order valence-electron chi connectivity index (χ4n) is 4.93. The number of carbonyl (C=O) groups is 1. The maximum absolute atomic E-state index is 13.0. The van der Waals surface area contributed by atoms with Crippen molar-refractivity contribution >= 4 is 99.0 Å². The summed E-state index contributed by atoms with van der Waals surface area (Å²) in [4.78, 5) is 10.7. The van der Waals surface area contributed by atoms with Crippen molar-refractivity contribution < 1.29 is 196 Å². The maximum Gasteiger partial charge on any atom is 1.00 e. The van der Waals surface area contributed by atoms with Gasteiger partial charge in [0.2, 0.25) is 0 Å². The average Bonchev–Trinajstić information content (AvgIpc) is 3.12. The zero-order chi connectivity index (χ0) is 39.3. The Labute approximate surface area is 426 Å². The molecule has 5 rings (SSSR count). The standard InChI is InChI=1S/C29H23N3O17S5.4Na/c33-27-25-18(13-20(53(39,40)41)15-23(25)30-29(34)16-4-2-1-3-5-16)14-24(50-48-46-35)26(27)32-31-22-9-6-17-12-19(7-8-21(17)28(22)54(42,43)44)52(37,38)11-10-45-51-49-47-36;;;;/h1-9,12-15,33,35-36H,10-11H2,(H,30,34)(H,39,40,41)(H,42,43,44);;;;/q;4*+1/p-4. The molecule has 286 valence electrons. The number of amides is 1. The van der Waals surface area contributed by atoms with Gasteiger partial charge in [-0.1, -0.05) is 30.3 Å². The Morgan fingerprint density at radius 3 is 2.03 bits per heavy atom. The fourth-order valence-corrected chi connectivity index (χ4v) is 8.22. The molecular weight excluding hydrogens is 915 g/mol. The SMILES string of the molecule is O=C(Nc1cc(S(=O)(=O)[O-])cc2cc(SOO[O-])c(N=Nc3ccc4cc(S(=O)(=O)CCOSOO[O-])ccc4c3S(=O)(=O)[O-])c(O)c12)c1ccccc1.[Na+].[Na+].[Na+].[Na+]. The Balaban J connectivity index is 0.00000420. The number of hydrogen-bond acceptors (Lipinski definition) is 21. The monoisotopic (exact) mass is 933 g/mol. The molecule has 0 aliphatic carbocycles. The predicted molar refractivity (Wildman–Crippen MR) is 180 cm³/mol. The first kappa shape index (κ1) is 55.7. The molecule has 5 aromatic rings. The number of azo groups is 1. The number of hydrogen-bond donors (Lipinski definition) is 2. The molecule has 0 heterocycles. The second-order valence-corrected chi connectivity index (χ2v) is 16.5. The molecule has 5 aromatic carbocycles. The van der Waals surface area contributed by atoms with E-state index in [0.29, 0.717) is 0 Å². The Hall–Kier alpha value is -0.320. The minimum Gasteiger partial charge on any atom is -0.744 e. The number of anilines is 1. The molecule has 0 atom stereocenters. The van der Waals surface area contributed by atoms with Gasteiger partial charge < -0.3 is 30.0 Å². The van der Waals surface area contributed by atoms with Gasteiger partial charge in [0, 0.05) is 16.3 Å². The summed E-state index contributed by atoms with van der Waals surface area (Å²) >= 11 is 0.225. The van der Waals surface area contributed by atoms with E-state index in [0.717, 1.165) is 42.5 Å². The van der Waals surface area contributed by atoms with Crippen molar-refractivity contribution in [3.05, 3.63) is 84.4 Å². The van der Waals surface area contributed by atoms with Crippen LogP contribution in [-0.2, 0) is 53.0 Å². The van der Waals surface area contributed by atoms with E-state index in [1.165, 1.54) is 30.3 Å². The Morgan fingerprint density at radius 1 is 0.759 bits per heavy atom. The van der Waals surface area contributed by atoms with Crippen molar-refractivity contribution in [1.82, 2.24) is 0 Å². The number of fused-ring (bicyclic) bond motifs is 2. The molecular formula is C29H19N3Na4O17S5. The Morgan fingerprint density at radius 2 is 1.41 bits per heavy atom. The predicted octanol–water partition coefficient (Wildman–Crippen LogP) is -9.00. The third-order valence-electron chi connectivity index (χ3n) is 7.17. The van der Waals surface area contributed by atoms with Gasteiger partial charge >= 0.3 is 118 Å². The quantitative estimate of drug-likeness (QED) is 0.0176. The van der Waals surface area contributed by atoms with Crippen LogP contribution in [0.3, 0.4) is 0 Å². The fraction of sp³-hybridized carbons (Fsp3) is 0.0690. The van der Waals surface area contributed by atoms with Crippen molar-refractivity contribution in [2.75, 3.05) is 17.7 Å². The molecule has 0 fully saturated rings. The van der Waals surface area contributed by atoms with E-state index < -0.39 is 80.9 Å². The van der Waals surface area contributed by atoms with Gasteiger partial charge in [0.25, 0.3) is 5.91 Å².